The molecule has 5 nitrogen and oxygen atoms in total. The highest BCUT2D eigenvalue weighted by molar-refractivity contribution is 8.13. The summed E-state index contributed by atoms with van der Waals surface area (Å²) in [6.07, 6.45) is -3.05. The van der Waals surface area contributed by atoms with Crippen molar-refractivity contribution in [3.8, 4) is 0 Å². The van der Waals surface area contributed by atoms with E-state index in [9.17, 15) is 22.8 Å². The van der Waals surface area contributed by atoms with Crippen LogP contribution in [0.1, 0.15) is 5.56 Å². The average molecular weight is 404 g/mol. The van der Waals surface area contributed by atoms with Crippen LogP contribution in [0.25, 0.3) is 0 Å². The number of ketones is 1. The second-order valence-corrected chi connectivity index (χ2v) is 6.79. The third-order valence-corrected chi connectivity index (χ3v) is 4.88. The predicted molar refractivity (Wildman–Crippen MR) is 92.4 cm³/mol. The minimum absolute atomic E-state index is 0.0252. The molecule has 1 saturated heterocycles. The summed E-state index contributed by atoms with van der Waals surface area (Å²) in [5.74, 6) is -3.06. The Balaban J connectivity index is 2.05. The van der Waals surface area contributed by atoms with E-state index in [2.05, 4.69) is 4.99 Å². The Morgan fingerprint density at radius 2 is 1.96 bits per heavy atom. The van der Waals surface area contributed by atoms with Gasteiger partial charge in [0, 0.05) is 6.54 Å². The highest BCUT2D eigenvalue weighted by Gasteiger charge is 2.57. The van der Waals surface area contributed by atoms with Gasteiger partial charge in [0.15, 0.2) is 11.2 Å². The van der Waals surface area contributed by atoms with Crippen LogP contribution in [0.5, 0.6) is 0 Å². The molecule has 1 aromatic rings. The van der Waals surface area contributed by atoms with Crippen LogP contribution in [0, 0.1) is 0 Å². The Kier molecular flexibility index (Phi) is 5.14. The topological polar surface area (TPSA) is 53.0 Å². The van der Waals surface area contributed by atoms with E-state index < -0.39 is 30.1 Å². The van der Waals surface area contributed by atoms with Gasteiger partial charge in [0.05, 0.1) is 0 Å². The zero-order valence-electron chi connectivity index (χ0n) is 13.4. The van der Waals surface area contributed by atoms with Crippen molar-refractivity contribution in [2.24, 2.45) is 4.99 Å². The van der Waals surface area contributed by atoms with E-state index >= 15 is 0 Å². The summed E-state index contributed by atoms with van der Waals surface area (Å²) in [5, 5.41) is 0.213. The largest absolute Gasteiger partial charge is 0.452 e. The summed E-state index contributed by atoms with van der Waals surface area (Å²) in [7, 11) is 0. The van der Waals surface area contributed by atoms with Gasteiger partial charge in [-0.3, -0.25) is 19.4 Å². The molecule has 10 heteroatoms. The second kappa shape index (κ2) is 7.05. The van der Waals surface area contributed by atoms with Gasteiger partial charge in [-0.25, -0.2) is 4.99 Å². The minimum atomic E-state index is -5.13. The zero-order valence-corrected chi connectivity index (χ0v) is 15.0. The number of nitrogens with zero attached hydrogens (tertiary/aromatic N) is 3. The Hall–Kier alpha value is -1.84. The van der Waals surface area contributed by atoms with Crippen molar-refractivity contribution in [3.05, 3.63) is 47.1 Å². The van der Waals surface area contributed by atoms with E-state index in [0.717, 1.165) is 16.7 Å². The number of amides is 1. The van der Waals surface area contributed by atoms with Gasteiger partial charge < -0.3 is 0 Å². The Morgan fingerprint density at radius 3 is 2.54 bits per heavy atom. The van der Waals surface area contributed by atoms with Crippen molar-refractivity contribution in [3.63, 3.8) is 0 Å². The lowest BCUT2D eigenvalue weighted by molar-refractivity contribution is -0.177. The van der Waals surface area contributed by atoms with Crippen molar-refractivity contribution in [1.29, 1.82) is 0 Å². The van der Waals surface area contributed by atoms with Crippen LogP contribution in [0.3, 0.4) is 0 Å². The standard InChI is InChI=1S/C16H13ClF3N3O2S/c1-26-15-21-10(17)7-11-22(8-9-5-3-2-4-6-9)12(14(25)23(11)15)13(24)16(18,19)20/h2-7,11-12H,8H2,1H3. The molecule has 1 aromatic carbocycles. The SMILES string of the molecule is CSC1=NC(Cl)=CC2N1C(=O)C(C(=O)C(F)(F)F)N2Cc1ccccc1. The fourth-order valence-corrected chi connectivity index (χ4v) is 3.76. The van der Waals surface area contributed by atoms with Crippen molar-refractivity contribution >= 4 is 40.2 Å². The van der Waals surface area contributed by atoms with Gasteiger partial charge in [0.25, 0.3) is 11.7 Å². The number of carbonyl (C=O) groups excluding carboxylic acids is 2. The normalized spacial score (nSPS) is 23.6. The van der Waals surface area contributed by atoms with Crippen molar-refractivity contribution in [2.75, 3.05) is 6.26 Å². The summed E-state index contributed by atoms with van der Waals surface area (Å²) in [6.45, 7) is -0.0252. The Bertz CT molecular complexity index is 798. The first-order valence-electron chi connectivity index (χ1n) is 7.48. The monoisotopic (exact) mass is 403 g/mol. The van der Waals surface area contributed by atoms with E-state index in [4.69, 9.17) is 11.6 Å². The lowest BCUT2D eigenvalue weighted by Gasteiger charge is -2.30. The first kappa shape index (κ1) is 18.9. The number of Topliss-reactive ketones (excluding diaryl/α,β-unsaturated/α-hetero) is 1. The minimum Gasteiger partial charge on any atom is -0.287 e. The molecule has 0 spiro atoms. The fraction of sp³-hybridized carbons (Fsp3) is 0.312. The third-order valence-electron chi connectivity index (χ3n) is 4.02. The quantitative estimate of drug-likeness (QED) is 0.575. The number of alkyl halides is 3. The highest BCUT2D eigenvalue weighted by Crippen LogP contribution is 2.35. The van der Waals surface area contributed by atoms with Crippen LogP contribution >= 0.6 is 23.4 Å². The van der Waals surface area contributed by atoms with E-state index in [-0.39, 0.29) is 16.9 Å². The molecule has 2 heterocycles. The van der Waals surface area contributed by atoms with Gasteiger partial charge in [-0.05, 0) is 17.9 Å². The molecule has 0 saturated carbocycles. The third kappa shape index (κ3) is 3.38. The maximum Gasteiger partial charge on any atom is 0.452 e. The average Bonchev–Trinajstić information content (AvgIpc) is 2.85. The molecule has 2 atom stereocenters. The van der Waals surface area contributed by atoms with Gasteiger partial charge in [0.1, 0.15) is 11.3 Å². The molecule has 0 bridgehead atoms. The van der Waals surface area contributed by atoms with Crippen molar-refractivity contribution < 1.29 is 22.8 Å². The van der Waals surface area contributed by atoms with Crippen LogP contribution in [-0.2, 0) is 16.1 Å². The first-order chi connectivity index (χ1) is 12.2. The van der Waals surface area contributed by atoms with Crippen molar-refractivity contribution in [1.82, 2.24) is 9.80 Å². The van der Waals surface area contributed by atoms with Crippen LogP contribution in [0.4, 0.5) is 13.2 Å². The molecule has 2 aliphatic heterocycles. The summed E-state index contributed by atoms with van der Waals surface area (Å²) in [5.41, 5.74) is 0.667. The van der Waals surface area contributed by atoms with Crippen LogP contribution < -0.4 is 0 Å². The number of thioether (sulfide) groups is 1. The molecule has 0 aromatic heterocycles. The maximum absolute atomic E-state index is 13.1. The van der Waals surface area contributed by atoms with E-state index in [1.54, 1.807) is 36.6 Å². The van der Waals surface area contributed by atoms with Crippen LogP contribution in [0.2, 0.25) is 0 Å². The van der Waals surface area contributed by atoms with Crippen LogP contribution in [0.15, 0.2) is 46.6 Å². The Morgan fingerprint density at radius 1 is 1.31 bits per heavy atom. The summed E-state index contributed by atoms with van der Waals surface area (Å²) in [4.78, 5) is 31.0. The van der Waals surface area contributed by atoms with Gasteiger partial charge in [-0.2, -0.15) is 13.2 Å². The van der Waals surface area contributed by atoms with E-state index in [0.29, 0.717) is 5.56 Å². The van der Waals surface area contributed by atoms with E-state index in [1.165, 1.54) is 11.0 Å². The molecular weight excluding hydrogens is 391 g/mol. The fourth-order valence-electron chi connectivity index (χ4n) is 2.93. The Labute approximate surface area is 156 Å². The zero-order chi connectivity index (χ0) is 19.1. The number of benzene rings is 1. The predicted octanol–water partition coefficient (Wildman–Crippen LogP) is 2.97. The van der Waals surface area contributed by atoms with Crippen molar-refractivity contribution in [2.45, 2.75) is 24.9 Å². The van der Waals surface area contributed by atoms with Gasteiger partial charge in [0.2, 0.25) is 0 Å². The first-order valence-corrected chi connectivity index (χ1v) is 9.08. The van der Waals surface area contributed by atoms with E-state index in [1.807, 2.05) is 0 Å². The number of aliphatic imine (C=N–C) groups is 1. The molecule has 0 radical (unpaired) electrons. The summed E-state index contributed by atoms with van der Waals surface area (Å²) >= 11 is 7.05. The number of hydrogen-bond acceptors (Lipinski definition) is 5. The molecule has 0 N–H and O–H groups in total. The molecule has 26 heavy (non-hydrogen) atoms. The molecule has 1 amide bonds. The smallest absolute Gasteiger partial charge is 0.287 e. The van der Waals surface area contributed by atoms with Gasteiger partial charge in [-0.1, -0.05) is 53.7 Å². The summed E-state index contributed by atoms with van der Waals surface area (Å²) in [6, 6.07) is 6.66. The maximum atomic E-state index is 13.1. The molecule has 1 fully saturated rings. The molecule has 3 rings (SSSR count). The lowest BCUT2D eigenvalue weighted by Crippen LogP contribution is -2.47. The van der Waals surface area contributed by atoms with Gasteiger partial charge >= 0.3 is 6.18 Å². The molecule has 0 aliphatic carbocycles. The van der Waals surface area contributed by atoms with Gasteiger partial charge in [-0.15, -0.1) is 0 Å². The van der Waals surface area contributed by atoms with Crippen LogP contribution in [-0.4, -0.2) is 51.3 Å². The summed E-state index contributed by atoms with van der Waals surface area (Å²) < 4.78 is 39.3. The molecule has 2 unspecified atom stereocenters. The lowest BCUT2D eigenvalue weighted by atomic mass is 10.1. The number of fused-ring (bicyclic) bond motifs is 1. The molecular formula is C16H13ClF3N3O2S. The number of carbonyl (C=O) groups is 2. The number of halogens is 4. The number of hydrogen-bond donors (Lipinski definition) is 0. The number of amidine groups is 1. The molecule has 2 aliphatic rings. The molecule has 138 valence electrons. The second-order valence-electron chi connectivity index (χ2n) is 5.63. The number of rotatable bonds is 3. The highest BCUT2D eigenvalue weighted by atomic mass is 35.5.